The van der Waals surface area contributed by atoms with Crippen molar-refractivity contribution in [1.82, 2.24) is 0 Å². The van der Waals surface area contributed by atoms with Crippen molar-refractivity contribution in [3.05, 3.63) is 17.2 Å². The number of unbranched alkanes of at least 4 members (excludes halogenated alkanes) is 1. The molecule has 8 heteroatoms. The van der Waals surface area contributed by atoms with Crippen LogP contribution in [0.25, 0.3) is 0 Å². The Kier molecular flexibility index (Phi) is 6.38. The van der Waals surface area contributed by atoms with Crippen LogP contribution in [0.15, 0.2) is 12.1 Å². The summed E-state index contributed by atoms with van der Waals surface area (Å²) in [6, 6.07) is 2.94. The minimum absolute atomic E-state index is 0.0345. The van der Waals surface area contributed by atoms with Crippen LogP contribution < -0.4 is 14.2 Å². The van der Waals surface area contributed by atoms with Gasteiger partial charge in [-0.3, -0.25) is 4.72 Å². The Labute approximate surface area is 123 Å². The van der Waals surface area contributed by atoms with Crippen LogP contribution in [-0.2, 0) is 10.0 Å². The molecule has 1 rings (SSSR count). The van der Waals surface area contributed by atoms with Gasteiger partial charge in [-0.1, -0.05) is 11.6 Å². The molecule has 0 aliphatic rings. The van der Waals surface area contributed by atoms with Crippen LogP contribution in [0, 0.1) is 0 Å². The van der Waals surface area contributed by atoms with Crippen molar-refractivity contribution in [2.24, 2.45) is 0 Å². The lowest BCUT2D eigenvalue weighted by Gasteiger charge is -2.14. The second kappa shape index (κ2) is 7.56. The van der Waals surface area contributed by atoms with E-state index in [0.29, 0.717) is 24.3 Å². The molecule has 2 N–H and O–H groups in total. The molecule has 0 heterocycles. The molecule has 6 nitrogen and oxygen atoms in total. The largest absolute Gasteiger partial charge is 0.495 e. The van der Waals surface area contributed by atoms with E-state index in [1.807, 2.05) is 0 Å². The highest BCUT2D eigenvalue weighted by atomic mass is 35.5. The molecule has 0 aromatic heterocycles. The van der Waals surface area contributed by atoms with Gasteiger partial charge in [0.25, 0.3) is 0 Å². The first-order valence-electron chi connectivity index (χ1n) is 5.96. The summed E-state index contributed by atoms with van der Waals surface area (Å²) in [6.45, 7) is -0.0345. The Morgan fingerprint density at radius 2 is 1.85 bits per heavy atom. The van der Waals surface area contributed by atoms with Crippen molar-refractivity contribution in [3.8, 4) is 11.5 Å². The van der Waals surface area contributed by atoms with E-state index in [0.717, 1.165) is 0 Å². The summed E-state index contributed by atoms with van der Waals surface area (Å²) in [5.41, 5.74) is 0.252. The fourth-order valence-electron chi connectivity index (χ4n) is 1.56. The minimum Gasteiger partial charge on any atom is -0.495 e. The summed E-state index contributed by atoms with van der Waals surface area (Å²) in [5.74, 6) is 0.629. The van der Waals surface area contributed by atoms with Crippen molar-refractivity contribution in [2.45, 2.75) is 12.8 Å². The number of rotatable bonds is 8. The third kappa shape index (κ3) is 4.73. The van der Waals surface area contributed by atoms with Crippen molar-refractivity contribution in [2.75, 3.05) is 31.3 Å². The van der Waals surface area contributed by atoms with E-state index >= 15 is 0 Å². The topological polar surface area (TPSA) is 84.9 Å². The Morgan fingerprint density at radius 3 is 2.40 bits per heavy atom. The Hall–Kier alpha value is -1.18. The second-order valence-corrected chi connectivity index (χ2v) is 6.29. The van der Waals surface area contributed by atoms with Gasteiger partial charge in [-0.05, 0) is 18.9 Å². The lowest BCUT2D eigenvalue weighted by atomic mass is 10.3. The number of nitrogens with one attached hydrogen (secondary N) is 1. The number of hydrogen-bond acceptors (Lipinski definition) is 5. The zero-order chi connectivity index (χ0) is 15.2. The van der Waals surface area contributed by atoms with Gasteiger partial charge in [0, 0.05) is 12.7 Å². The molecule has 20 heavy (non-hydrogen) atoms. The van der Waals surface area contributed by atoms with E-state index in [1.165, 1.54) is 26.4 Å². The van der Waals surface area contributed by atoms with Crippen LogP contribution in [0.1, 0.15) is 12.8 Å². The summed E-state index contributed by atoms with van der Waals surface area (Å²) < 4.78 is 36.3. The van der Waals surface area contributed by atoms with Gasteiger partial charge in [0.2, 0.25) is 10.0 Å². The van der Waals surface area contributed by atoms with Gasteiger partial charge in [0.05, 0.1) is 30.7 Å². The summed E-state index contributed by atoms with van der Waals surface area (Å²) in [6.07, 6.45) is 0.805. The van der Waals surface area contributed by atoms with Crippen molar-refractivity contribution >= 4 is 27.3 Å². The van der Waals surface area contributed by atoms with E-state index in [2.05, 4.69) is 4.72 Å². The predicted octanol–water partition coefficient (Wildman–Crippen LogP) is 1.87. The zero-order valence-corrected chi connectivity index (χ0v) is 12.9. The quantitative estimate of drug-likeness (QED) is 0.713. The molecule has 0 aliphatic carbocycles. The van der Waals surface area contributed by atoms with Crippen LogP contribution >= 0.6 is 11.6 Å². The van der Waals surface area contributed by atoms with Gasteiger partial charge < -0.3 is 14.6 Å². The molecule has 0 spiro atoms. The molecule has 0 unspecified atom stereocenters. The first-order valence-corrected chi connectivity index (χ1v) is 7.99. The number of anilines is 1. The van der Waals surface area contributed by atoms with Crippen LogP contribution in [0.5, 0.6) is 11.5 Å². The van der Waals surface area contributed by atoms with E-state index in [-0.39, 0.29) is 23.1 Å². The second-order valence-electron chi connectivity index (χ2n) is 4.04. The first kappa shape index (κ1) is 16.9. The molecular formula is C12H18ClNO5S. The smallest absolute Gasteiger partial charge is 0.232 e. The van der Waals surface area contributed by atoms with Crippen LogP contribution in [-0.4, -0.2) is 40.1 Å². The Balaban J connectivity index is 2.93. The van der Waals surface area contributed by atoms with E-state index in [1.54, 1.807) is 0 Å². The zero-order valence-electron chi connectivity index (χ0n) is 11.3. The molecule has 0 radical (unpaired) electrons. The van der Waals surface area contributed by atoms with Crippen molar-refractivity contribution in [1.29, 1.82) is 0 Å². The van der Waals surface area contributed by atoms with Crippen molar-refractivity contribution < 1.29 is 23.0 Å². The predicted molar refractivity (Wildman–Crippen MR) is 78.3 cm³/mol. The number of sulfonamides is 1. The number of ether oxygens (including phenoxy) is 2. The lowest BCUT2D eigenvalue weighted by molar-refractivity contribution is 0.287. The number of methoxy groups -OCH3 is 2. The highest BCUT2D eigenvalue weighted by Gasteiger charge is 2.16. The van der Waals surface area contributed by atoms with E-state index in [4.69, 9.17) is 26.2 Å². The summed E-state index contributed by atoms with van der Waals surface area (Å²) in [4.78, 5) is 0. The van der Waals surface area contributed by atoms with Gasteiger partial charge in [-0.15, -0.1) is 0 Å². The van der Waals surface area contributed by atoms with Gasteiger partial charge in [-0.25, -0.2) is 8.42 Å². The molecule has 0 saturated carbocycles. The van der Waals surface area contributed by atoms with Crippen LogP contribution in [0.4, 0.5) is 5.69 Å². The number of aliphatic hydroxyl groups is 1. The van der Waals surface area contributed by atoms with Gasteiger partial charge in [-0.2, -0.15) is 0 Å². The standard InChI is InChI=1S/C12H18ClNO5S/c1-18-11-8-12(19-2)10(7-9(11)13)14-20(16,17)6-4-3-5-15/h7-8,14-15H,3-6H2,1-2H3. The maximum atomic E-state index is 11.9. The maximum Gasteiger partial charge on any atom is 0.232 e. The molecule has 0 atom stereocenters. The highest BCUT2D eigenvalue weighted by molar-refractivity contribution is 7.92. The number of halogens is 1. The van der Waals surface area contributed by atoms with Gasteiger partial charge in [0.15, 0.2) is 0 Å². The fourth-order valence-corrected chi connectivity index (χ4v) is 2.98. The first-order chi connectivity index (χ1) is 9.43. The fraction of sp³-hybridized carbons (Fsp3) is 0.500. The lowest BCUT2D eigenvalue weighted by Crippen LogP contribution is -2.17. The molecule has 1 aromatic carbocycles. The Bertz CT molecular complexity index is 547. The third-order valence-electron chi connectivity index (χ3n) is 2.56. The minimum atomic E-state index is -3.52. The molecule has 0 saturated heterocycles. The average molecular weight is 324 g/mol. The number of aliphatic hydroxyl groups excluding tert-OH is 1. The molecule has 0 bridgehead atoms. The molecule has 0 fully saturated rings. The van der Waals surface area contributed by atoms with Gasteiger partial charge >= 0.3 is 0 Å². The summed E-state index contributed by atoms with van der Waals surface area (Å²) >= 11 is 5.97. The monoisotopic (exact) mass is 323 g/mol. The maximum absolute atomic E-state index is 11.9. The number of benzene rings is 1. The summed E-state index contributed by atoms with van der Waals surface area (Å²) in [7, 11) is -0.636. The van der Waals surface area contributed by atoms with Crippen LogP contribution in [0.3, 0.4) is 0 Å². The summed E-state index contributed by atoms with van der Waals surface area (Å²) in [5, 5.41) is 8.94. The normalized spacial score (nSPS) is 11.2. The van der Waals surface area contributed by atoms with Crippen LogP contribution in [0.2, 0.25) is 5.02 Å². The average Bonchev–Trinajstić information content (AvgIpc) is 2.38. The number of hydrogen-bond donors (Lipinski definition) is 2. The SMILES string of the molecule is COc1cc(OC)c(NS(=O)(=O)CCCCO)cc1Cl. The van der Waals surface area contributed by atoms with E-state index in [9.17, 15) is 8.42 Å². The molecule has 114 valence electrons. The van der Waals surface area contributed by atoms with Gasteiger partial charge in [0.1, 0.15) is 11.5 Å². The van der Waals surface area contributed by atoms with E-state index < -0.39 is 10.0 Å². The molecule has 0 amide bonds. The molecular weight excluding hydrogens is 306 g/mol. The Morgan fingerprint density at radius 1 is 1.20 bits per heavy atom. The third-order valence-corrected chi connectivity index (χ3v) is 4.21. The molecule has 0 aliphatic heterocycles. The highest BCUT2D eigenvalue weighted by Crippen LogP contribution is 2.36. The van der Waals surface area contributed by atoms with Crippen molar-refractivity contribution in [3.63, 3.8) is 0 Å². The molecule has 1 aromatic rings.